The van der Waals surface area contributed by atoms with Crippen molar-refractivity contribution in [1.82, 2.24) is 0 Å². The Hall–Kier alpha value is -2.44. The average Bonchev–Trinajstić information content (AvgIpc) is 2.60. The zero-order valence-electron chi connectivity index (χ0n) is 15.3. The van der Waals surface area contributed by atoms with Gasteiger partial charge in [0, 0.05) is 17.8 Å². The first kappa shape index (κ1) is 17.9. The highest BCUT2D eigenvalue weighted by Crippen LogP contribution is 2.56. The molecule has 0 spiro atoms. The number of non-ortho nitro benzene ring substituents is 1. The minimum absolute atomic E-state index is 0.0289. The van der Waals surface area contributed by atoms with Crippen LogP contribution in [0.4, 0.5) is 11.4 Å². The van der Waals surface area contributed by atoms with Crippen molar-refractivity contribution in [3.8, 4) is 0 Å². The number of nitro groups is 1. The lowest BCUT2D eigenvalue weighted by molar-refractivity contribution is -0.384. The van der Waals surface area contributed by atoms with Crippen LogP contribution in [-0.2, 0) is 14.3 Å². The molecule has 4 aliphatic carbocycles. The van der Waals surface area contributed by atoms with Crippen LogP contribution in [-0.4, -0.2) is 23.4 Å². The predicted molar refractivity (Wildman–Crippen MR) is 98.0 cm³/mol. The molecule has 5 rings (SSSR count). The van der Waals surface area contributed by atoms with Gasteiger partial charge in [0.2, 0.25) is 0 Å². The highest BCUT2D eigenvalue weighted by Gasteiger charge is 2.51. The summed E-state index contributed by atoms with van der Waals surface area (Å²) < 4.78 is 5.34. The van der Waals surface area contributed by atoms with Gasteiger partial charge in [-0.3, -0.25) is 19.7 Å². The number of rotatable bonds is 5. The molecule has 27 heavy (non-hydrogen) atoms. The van der Waals surface area contributed by atoms with Crippen molar-refractivity contribution in [3.05, 3.63) is 33.9 Å². The monoisotopic (exact) mass is 372 g/mol. The Labute approximate surface area is 157 Å². The number of amides is 1. The molecule has 1 aromatic rings. The van der Waals surface area contributed by atoms with Crippen molar-refractivity contribution in [3.63, 3.8) is 0 Å². The lowest BCUT2D eigenvalue weighted by Crippen LogP contribution is -2.48. The summed E-state index contributed by atoms with van der Waals surface area (Å²) in [5.74, 6) is 1.70. The van der Waals surface area contributed by atoms with Gasteiger partial charge in [-0.05, 0) is 74.3 Å². The van der Waals surface area contributed by atoms with E-state index in [1.165, 1.54) is 24.6 Å². The summed E-state index contributed by atoms with van der Waals surface area (Å²) in [6, 6.07) is 4.23. The van der Waals surface area contributed by atoms with E-state index in [4.69, 9.17) is 4.74 Å². The van der Waals surface area contributed by atoms with Crippen LogP contribution in [0.2, 0.25) is 0 Å². The number of carbonyl (C=O) groups is 2. The third-order valence-electron chi connectivity index (χ3n) is 6.54. The number of carbonyl (C=O) groups excluding carboxylic acids is 2. The number of esters is 1. The van der Waals surface area contributed by atoms with Crippen molar-refractivity contribution >= 4 is 23.3 Å². The van der Waals surface area contributed by atoms with Gasteiger partial charge < -0.3 is 10.1 Å². The molecule has 144 valence electrons. The molecule has 0 aliphatic heterocycles. The summed E-state index contributed by atoms with van der Waals surface area (Å²) >= 11 is 0. The molecule has 0 heterocycles. The normalized spacial score (nSPS) is 30.8. The Bertz CT molecular complexity index is 763. The van der Waals surface area contributed by atoms with E-state index in [0.717, 1.165) is 37.5 Å². The minimum Gasteiger partial charge on any atom is -0.455 e. The lowest BCUT2D eigenvalue weighted by atomic mass is 9.52. The average molecular weight is 372 g/mol. The fourth-order valence-corrected chi connectivity index (χ4v) is 5.63. The zero-order chi connectivity index (χ0) is 19.1. The fourth-order valence-electron chi connectivity index (χ4n) is 5.63. The van der Waals surface area contributed by atoms with Crippen LogP contribution in [0, 0.1) is 46.6 Å². The number of benzene rings is 1. The van der Waals surface area contributed by atoms with E-state index in [2.05, 4.69) is 5.32 Å². The van der Waals surface area contributed by atoms with E-state index >= 15 is 0 Å². The number of anilines is 1. The van der Waals surface area contributed by atoms with Crippen molar-refractivity contribution in [1.29, 1.82) is 0 Å². The van der Waals surface area contributed by atoms with Crippen LogP contribution in [0.3, 0.4) is 0 Å². The number of nitrogens with one attached hydrogen (secondary N) is 1. The Kier molecular flexibility index (Phi) is 4.61. The topological polar surface area (TPSA) is 98.5 Å². The molecule has 1 aromatic carbocycles. The number of hydrogen-bond donors (Lipinski definition) is 1. The number of ether oxygens (including phenoxy) is 1. The predicted octanol–water partition coefficient (Wildman–Crippen LogP) is 3.46. The zero-order valence-corrected chi connectivity index (χ0v) is 15.3. The molecule has 4 aliphatic rings. The highest BCUT2D eigenvalue weighted by atomic mass is 16.6. The summed E-state index contributed by atoms with van der Waals surface area (Å²) in [5.41, 5.74) is 1.04. The highest BCUT2D eigenvalue weighted by molar-refractivity contribution is 5.93. The molecule has 1 amide bonds. The van der Waals surface area contributed by atoms with Gasteiger partial charge in [-0.2, -0.15) is 0 Å². The third-order valence-corrected chi connectivity index (χ3v) is 6.54. The summed E-state index contributed by atoms with van der Waals surface area (Å²) in [6.07, 6.45) is 5.83. The Balaban J connectivity index is 1.32. The molecule has 0 saturated heterocycles. The molecule has 4 fully saturated rings. The molecule has 4 saturated carbocycles. The Morgan fingerprint density at radius 2 is 1.78 bits per heavy atom. The molecule has 0 unspecified atom stereocenters. The molecular weight excluding hydrogens is 348 g/mol. The minimum atomic E-state index is -0.481. The van der Waals surface area contributed by atoms with Crippen molar-refractivity contribution in [2.75, 3.05) is 11.9 Å². The van der Waals surface area contributed by atoms with Gasteiger partial charge >= 0.3 is 5.97 Å². The van der Waals surface area contributed by atoms with Gasteiger partial charge in [-0.1, -0.05) is 0 Å². The van der Waals surface area contributed by atoms with Crippen LogP contribution in [0.15, 0.2) is 18.2 Å². The Morgan fingerprint density at radius 3 is 2.33 bits per heavy atom. The van der Waals surface area contributed by atoms with Gasteiger partial charge in [0.05, 0.1) is 10.8 Å². The summed E-state index contributed by atoms with van der Waals surface area (Å²) in [6.45, 7) is 1.36. The SMILES string of the molecule is Cc1cc([N+](=O)[O-])ccc1NC(=O)COC(=O)C1C2CC3CC(C2)CC1C3. The molecule has 0 atom stereocenters. The molecule has 1 N–H and O–H groups in total. The van der Waals surface area contributed by atoms with Crippen molar-refractivity contribution in [2.24, 2.45) is 29.6 Å². The second-order valence-electron chi connectivity index (χ2n) is 8.37. The van der Waals surface area contributed by atoms with E-state index in [0.29, 0.717) is 23.1 Å². The van der Waals surface area contributed by atoms with Gasteiger partial charge in [0.25, 0.3) is 11.6 Å². The van der Waals surface area contributed by atoms with E-state index in [1.54, 1.807) is 6.92 Å². The van der Waals surface area contributed by atoms with Gasteiger partial charge in [-0.25, -0.2) is 0 Å². The van der Waals surface area contributed by atoms with Gasteiger partial charge in [0.1, 0.15) is 0 Å². The second-order valence-corrected chi connectivity index (χ2v) is 8.37. The maximum atomic E-state index is 12.6. The molecule has 0 aromatic heterocycles. The van der Waals surface area contributed by atoms with Crippen LogP contribution in [0.1, 0.15) is 37.7 Å². The number of aryl methyl sites for hydroxylation is 1. The molecule has 7 nitrogen and oxygen atoms in total. The largest absolute Gasteiger partial charge is 0.455 e. The smallest absolute Gasteiger partial charge is 0.310 e. The van der Waals surface area contributed by atoms with E-state index in [1.807, 2.05) is 0 Å². The fraction of sp³-hybridized carbons (Fsp3) is 0.600. The van der Waals surface area contributed by atoms with Crippen LogP contribution in [0.5, 0.6) is 0 Å². The number of nitro benzene ring substituents is 1. The number of nitrogens with zero attached hydrogens (tertiary/aromatic N) is 1. The number of hydrogen-bond acceptors (Lipinski definition) is 5. The molecule has 7 heteroatoms. The molecule has 0 radical (unpaired) electrons. The van der Waals surface area contributed by atoms with E-state index < -0.39 is 10.8 Å². The summed E-state index contributed by atoms with van der Waals surface area (Å²) in [5, 5.41) is 13.4. The second kappa shape index (κ2) is 6.94. The van der Waals surface area contributed by atoms with Gasteiger partial charge in [-0.15, -0.1) is 0 Å². The maximum Gasteiger partial charge on any atom is 0.310 e. The van der Waals surface area contributed by atoms with E-state index in [9.17, 15) is 19.7 Å². The summed E-state index contributed by atoms with van der Waals surface area (Å²) in [4.78, 5) is 35.1. The molecule has 4 bridgehead atoms. The first-order valence-corrected chi connectivity index (χ1v) is 9.62. The molecular formula is C20H24N2O5. The third kappa shape index (κ3) is 3.55. The van der Waals surface area contributed by atoms with Crippen LogP contribution < -0.4 is 5.32 Å². The van der Waals surface area contributed by atoms with Crippen molar-refractivity contribution < 1.29 is 19.2 Å². The Morgan fingerprint density at radius 1 is 1.15 bits per heavy atom. The van der Waals surface area contributed by atoms with E-state index in [-0.39, 0.29) is 24.2 Å². The first-order chi connectivity index (χ1) is 12.9. The quantitative estimate of drug-likeness (QED) is 0.485. The standard InChI is InChI=1S/C20H24N2O5/c1-11-4-16(22(25)26)2-3-17(11)21-18(23)10-27-20(24)19-14-6-12-5-13(8-14)9-15(19)7-12/h2-4,12-15,19H,5-10H2,1H3,(H,21,23). The van der Waals surface area contributed by atoms with Crippen molar-refractivity contribution in [2.45, 2.75) is 39.0 Å². The van der Waals surface area contributed by atoms with Crippen LogP contribution >= 0.6 is 0 Å². The van der Waals surface area contributed by atoms with Crippen LogP contribution in [0.25, 0.3) is 0 Å². The maximum absolute atomic E-state index is 12.6. The first-order valence-electron chi connectivity index (χ1n) is 9.62. The lowest BCUT2D eigenvalue weighted by Gasteiger charge is -2.53. The van der Waals surface area contributed by atoms with Gasteiger partial charge in [0.15, 0.2) is 6.61 Å². The summed E-state index contributed by atoms with van der Waals surface area (Å²) in [7, 11) is 0.